The van der Waals surface area contributed by atoms with Crippen molar-refractivity contribution in [2.45, 2.75) is 31.8 Å². The second-order valence-corrected chi connectivity index (χ2v) is 10.5. The Balaban J connectivity index is 1.85. The Labute approximate surface area is 180 Å². The molecule has 0 unspecified atom stereocenters. The number of nitrogens with one attached hydrogen (secondary N) is 2. The molecule has 1 saturated heterocycles. The summed E-state index contributed by atoms with van der Waals surface area (Å²) in [5, 5.41) is 2.49. The van der Waals surface area contributed by atoms with Crippen molar-refractivity contribution < 1.29 is 17.6 Å². The van der Waals surface area contributed by atoms with E-state index in [1.165, 1.54) is 30.5 Å². The molecule has 6 nitrogen and oxygen atoms in total. The number of hydrogen-bond acceptors (Lipinski definition) is 4. The molecular weight excluding hydrogens is 493 g/mol. The SMILES string of the molecule is CCc1sc([C@@H]2C[C@H](C(=O)Nc3ccc(F)c(Cl)c3)N(C)S(=O)(=O)N2)cc1Br. The first kappa shape index (κ1) is 21.7. The van der Waals surface area contributed by atoms with Gasteiger partial charge in [-0.25, -0.2) is 4.39 Å². The molecule has 0 radical (unpaired) electrons. The smallest absolute Gasteiger partial charge is 0.280 e. The van der Waals surface area contributed by atoms with Crippen LogP contribution in [0.25, 0.3) is 0 Å². The summed E-state index contributed by atoms with van der Waals surface area (Å²) in [7, 11) is -2.49. The van der Waals surface area contributed by atoms with Crippen molar-refractivity contribution in [3.63, 3.8) is 0 Å². The van der Waals surface area contributed by atoms with Crippen molar-refractivity contribution in [3.8, 4) is 0 Å². The minimum absolute atomic E-state index is 0.127. The zero-order valence-corrected chi connectivity index (χ0v) is 19.0. The molecule has 28 heavy (non-hydrogen) atoms. The number of benzene rings is 1. The van der Waals surface area contributed by atoms with Gasteiger partial charge in [-0.2, -0.15) is 17.4 Å². The normalized spacial score (nSPS) is 22.2. The molecule has 1 fully saturated rings. The highest BCUT2D eigenvalue weighted by Crippen LogP contribution is 2.36. The summed E-state index contributed by atoms with van der Waals surface area (Å²) >= 11 is 10.7. The number of rotatable bonds is 4. The van der Waals surface area contributed by atoms with Gasteiger partial charge in [0.05, 0.1) is 11.1 Å². The Morgan fingerprint density at radius 1 is 1.46 bits per heavy atom. The molecule has 1 aromatic heterocycles. The molecule has 1 aromatic carbocycles. The number of carbonyl (C=O) groups excluding carboxylic acids is 1. The lowest BCUT2D eigenvalue weighted by Gasteiger charge is -2.35. The van der Waals surface area contributed by atoms with Crippen molar-refractivity contribution in [1.82, 2.24) is 9.03 Å². The number of likely N-dealkylation sites (N-methyl/N-ethyl adjacent to an activating group) is 1. The van der Waals surface area contributed by atoms with Gasteiger partial charge in [-0.05, 0) is 53.0 Å². The molecular formula is C17H18BrClFN3O3S2. The van der Waals surface area contributed by atoms with Crippen LogP contribution < -0.4 is 10.0 Å². The number of carbonyl (C=O) groups is 1. The first-order chi connectivity index (χ1) is 13.1. The van der Waals surface area contributed by atoms with Crippen LogP contribution in [0.1, 0.15) is 29.1 Å². The zero-order chi connectivity index (χ0) is 20.6. The summed E-state index contributed by atoms with van der Waals surface area (Å²) in [5.41, 5.74) is 0.296. The van der Waals surface area contributed by atoms with Crippen LogP contribution in [0, 0.1) is 5.82 Å². The van der Waals surface area contributed by atoms with Gasteiger partial charge in [-0.15, -0.1) is 11.3 Å². The van der Waals surface area contributed by atoms with Crippen molar-refractivity contribution in [3.05, 3.63) is 49.3 Å². The van der Waals surface area contributed by atoms with E-state index in [0.717, 1.165) is 31.0 Å². The average Bonchev–Trinajstić information content (AvgIpc) is 3.01. The minimum atomic E-state index is -3.84. The van der Waals surface area contributed by atoms with Crippen molar-refractivity contribution in [2.75, 3.05) is 12.4 Å². The lowest BCUT2D eigenvalue weighted by Crippen LogP contribution is -2.55. The Morgan fingerprint density at radius 2 is 2.18 bits per heavy atom. The maximum atomic E-state index is 13.3. The Bertz CT molecular complexity index is 1020. The second kappa shape index (κ2) is 8.37. The fraction of sp³-hybridized carbons (Fsp3) is 0.353. The molecule has 1 aliphatic heterocycles. The van der Waals surface area contributed by atoms with E-state index in [2.05, 4.69) is 26.0 Å². The Morgan fingerprint density at radius 3 is 2.79 bits per heavy atom. The molecule has 2 N–H and O–H groups in total. The third kappa shape index (κ3) is 4.42. The Kier molecular flexibility index (Phi) is 6.48. The van der Waals surface area contributed by atoms with Crippen LogP contribution >= 0.6 is 38.9 Å². The molecule has 2 heterocycles. The topological polar surface area (TPSA) is 78.5 Å². The monoisotopic (exact) mass is 509 g/mol. The zero-order valence-electron chi connectivity index (χ0n) is 15.0. The molecule has 11 heteroatoms. The summed E-state index contributed by atoms with van der Waals surface area (Å²) in [6.45, 7) is 2.02. The number of anilines is 1. The standard InChI is InChI=1S/C17H18BrClFN3O3S2/c1-3-15-10(18)7-16(27-15)13-8-14(23(2)28(25,26)22-13)17(24)21-9-4-5-12(20)11(19)6-9/h4-7,13-14,22H,3,8H2,1-2H3,(H,21,24)/t13-,14+/m0/s1. The Hall–Kier alpha value is -1.04. The van der Waals surface area contributed by atoms with Gasteiger partial charge in [0.15, 0.2) is 0 Å². The molecule has 2 aromatic rings. The summed E-state index contributed by atoms with van der Waals surface area (Å²) in [5.74, 6) is -1.11. The van der Waals surface area contributed by atoms with Crippen molar-refractivity contribution >= 4 is 60.7 Å². The first-order valence-electron chi connectivity index (χ1n) is 8.41. The molecule has 1 aliphatic rings. The average molecular weight is 511 g/mol. The van der Waals surface area contributed by atoms with E-state index in [9.17, 15) is 17.6 Å². The van der Waals surface area contributed by atoms with Crippen LogP contribution in [0.5, 0.6) is 0 Å². The molecule has 0 bridgehead atoms. The minimum Gasteiger partial charge on any atom is -0.325 e. The van der Waals surface area contributed by atoms with Gasteiger partial charge < -0.3 is 5.32 Å². The molecule has 152 valence electrons. The fourth-order valence-electron chi connectivity index (χ4n) is 2.93. The highest BCUT2D eigenvalue weighted by Gasteiger charge is 2.41. The van der Waals surface area contributed by atoms with Gasteiger partial charge in [-0.3, -0.25) is 4.79 Å². The summed E-state index contributed by atoms with van der Waals surface area (Å²) in [4.78, 5) is 14.7. The van der Waals surface area contributed by atoms with E-state index in [4.69, 9.17) is 11.6 Å². The van der Waals surface area contributed by atoms with Crippen LogP contribution in [0.3, 0.4) is 0 Å². The maximum absolute atomic E-state index is 13.3. The van der Waals surface area contributed by atoms with E-state index < -0.39 is 34.0 Å². The van der Waals surface area contributed by atoms with E-state index >= 15 is 0 Å². The lowest BCUT2D eigenvalue weighted by molar-refractivity contribution is -0.120. The summed E-state index contributed by atoms with van der Waals surface area (Å²) in [6.07, 6.45) is 1.08. The predicted molar refractivity (Wildman–Crippen MR) is 112 cm³/mol. The van der Waals surface area contributed by atoms with Crippen molar-refractivity contribution in [2.24, 2.45) is 0 Å². The highest BCUT2D eigenvalue weighted by atomic mass is 79.9. The van der Waals surface area contributed by atoms with Crippen LogP contribution in [0.4, 0.5) is 10.1 Å². The number of nitrogens with zero attached hydrogens (tertiary/aromatic N) is 1. The van der Waals surface area contributed by atoms with Crippen LogP contribution in [-0.2, 0) is 21.4 Å². The molecule has 0 saturated carbocycles. The predicted octanol–water partition coefficient (Wildman–Crippen LogP) is 4.08. The maximum Gasteiger partial charge on any atom is 0.280 e. The fourth-order valence-corrected chi connectivity index (χ4v) is 6.44. The molecule has 1 amide bonds. The first-order valence-corrected chi connectivity index (χ1v) is 11.8. The van der Waals surface area contributed by atoms with Gasteiger partial charge >= 0.3 is 0 Å². The quantitative estimate of drug-likeness (QED) is 0.650. The molecule has 0 aliphatic carbocycles. The molecule has 3 rings (SSSR count). The van der Waals surface area contributed by atoms with E-state index in [1.54, 1.807) is 0 Å². The van der Waals surface area contributed by atoms with Gasteiger partial charge in [0, 0.05) is 27.0 Å². The number of amides is 1. The number of thiophene rings is 1. The highest BCUT2D eigenvalue weighted by molar-refractivity contribution is 9.10. The second-order valence-electron chi connectivity index (χ2n) is 6.33. The number of aryl methyl sites for hydroxylation is 1. The largest absolute Gasteiger partial charge is 0.325 e. The third-order valence-electron chi connectivity index (χ3n) is 4.50. The van der Waals surface area contributed by atoms with Crippen molar-refractivity contribution in [1.29, 1.82) is 0 Å². The van der Waals surface area contributed by atoms with Crippen LogP contribution in [-0.4, -0.2) is 31.7 Å². The van der Waals surface area contributed by atoms with Gasteiger partial charge in [0.2, 0.25) is 5.91 Å². The summed E-state index contributed by atoms with van der Waals surface area (Å²) in [6, 6.07) is 4.24. The molecule has 0 spiro atoms. The molecule has 2 atom stereocenters. The van der Waals surface area contributed by atoms with Gasteiger partial charge in [0.25, 0.3) is 10.2 Å². The van der Waals surface area contributed by atoms with Crippen LogP contribution in [0.15, 0.2) is 28.7 Å². The van der Waals surface area contributed by atoms with E-state index in [0.29, 0.717) is 5.69 Å². The number of hydrogen-bond donors (Lipinski definition) is 2. The van der Waals surface area contributed by atoms with Gasteiger partial charge in [0.1, 0.15) is 11.9 Å². The van der Waals surface area contributed by atoms with Gasteiger partial charge in [-0.1, -0.05) is 18.5 Å². The summed E-state index contributed by atoms with van der Waals surface area (Å²) < 4.78 is 43.0. The van der Waals surface area contributed by atoms with E-state index in [-0.39, 0.29) is 11.4 Å². The lowest BCUT2D eigenvalue weighted by atomic mass is 10.1. The van der Waals surface area contributed by atoms with Crippen LogP contribution in [0.2, 0.25) is 5.02 Å². The number of halogens is 3. The van der Waals surface area contributed by atoms with E-state index in [1.807, 2.05) is 13.0 Å². The third-order valence-corrected chi connectivity index (χ3v) is 8.75.